The topological polar surface area (TPSA) is 114 Å². The first-order chi connectivity index (χ1) is 14.4. The summed E-state index contributed by atoms with van der Waals surface area (Å²) in [5.74, 6) is -2.06. The van der Waals surface area contributed by atoms with E-state index in [2.05, 4.69) is 20.9 Å². The maximum atomic E-state index is 12.9. The number of hydrogen-bond acceptors (Lipinski definition) is 7. The quantitative estimate of drug-likeness (QED) is 0.192. The zero-order valence-corrected chi connectivity index (χ0v) is 17.5. The van der Waals surface area contributed by atoms with Gasteiger partial charge in [0.25, 0.3) is 11.5 Å². The van der Waals surface area contributed by atoms with Gasteiger partial charge in [0.2, 0.25) is 0 Å². The average molecular weight is 486 g/mol. The predicted molar refractivity (Wildman–Crippen MR) is 114 cm³/mol. The first kappa shape index (κ1) is 19.9. The number of nitrogens with zero attached hydrogens (tertiary/aromatic N) is 3. The molecule has 3 aromatic rings. The second kappa shape index (κ2) is 7.81. The van der Waals surface area contributed by atoms with Crippen LogP contribution in [-0.2, 0) is 9.59 Å². The number of non-ortho nitro benzene ring substituents is 1. The molecule has 1 fully saturated rings. The number of benzene rings is 2. The fourth-order valence-corrected chi connectivity index (χ4v) is 4.15. The van der Waals surface area contributed by atoms with Crippen LogP contribution in [0.5, 0.6) is 0 Å². The van der Waals surface area contributed by atoms with Crippen molar-refractivity contribution in [1.82, 2.24) is 4.98 Å². The molecule has 2 aromatic carbocycles. The maximum Gasteiger partial charge on any atom is 0.301 e. The van der Waals surface area contributed by atoms with Gasteiger partial charge in [-0.1, -0.05) is 28.1 Å². The fourth-order valence-electron chi connectivity index (χ4n) is 3.22. The summed E-state index contributed by atoms with van der Waals surface area (Å²) in [4.78, 5) is 41.5. The molecule has 0 bridgehead atoms. The molecule has 0 unspecified atom stereocenters. The molecule has 1 aromatic heterocycles. The van der Waals surface area contributed by atoms with Gasteiger partial charge in [-0.2, -0.15) is 0 Å². The number of aliphatic hydroxyl groups is 1. The van der Waals surface area contributed by atoms with E-state index in [1.807, 2.05) is 0 Å². The van der Waals surface area contributed by atoms with Crippen LogP contribution >= 0.6 is 27.3 Å². The van der Waals surface area contributed by atoms with Crippen LogP contribution < -0.4 is 4.90 Å². The highest BCUT2D eigenvalue weighted by Gasteiger charge is 2.47. The van der Waals surface area contributed by atoms with Crippen molar-refractivity contribution in [2.75, 3.05) is 4.90 Å². The van der Waals surface area contributed by atoms with Crippen LogP contribution in [0.4, 0.5) is 10.8 Å². The van der Waals surface area contributed by atoms with E-state index < -0.39 is 28.4 Å². The van der Waals surface area contributed by atoms with E-state index in [1.54, 1.807) is 29.6 Å². The number of aliphatic hydroxyl groups excluding tert-OH is 1. The van der Waals surface area contributed by atoms with Crippen molar-refractivity contribution in [3.05, 3.63) is 91.4 Å². The van der Waals surface area contributed by atoms with Crippen molar-refractivity contribution in [2.45, 2.75) is 6.04 Å². The van der Waals surface area contributed by atoms with Gasteiger partial charge in [0, 0.05) is 33.7 Å². The molecule has 1 atom stereocenters. The summed E-state index contributed by atoms with van der Waals surface area (Å²) in [6.07, 6.45) is 1.52. The van der Waals surface area contributed by atoms with Crippen molar-refractivity contribution in [3.63, 3.8) is 0 Å². The summed E-state index contributed by atoms with van der Waals surface area (Å²) >= 11 is 4.55. The molecule has 4 rings (SSSR count). The Balaban J connectivity index is 1.90. The van der Waals surface area contributed by atoms with Gasteiger partial charge in [-0.05, 0) is 29.8 Å². The zero-order valence-electron chi connectivity index (χ0n) is 15.1. The Morgan fingerprint density at radius 3 is 2.37 bits per heavy atom. The Bertz CT molecular complexity index is 1170. The normalized spacial score (nSPS) is 18.0. The molecular weight excluding hydrogens is 474 g/mol. The van der Waals surface area contributed by atoms with Gasteiger partial charge in [0.1, 0.15) is 5.76 Å². The van der Waals surface area contributed by atoms with Crippen LogP contribution in [0.3, 0.4) is 0 Å². The SMILES string of the molecule is O=C1C(=O)N(c2nccs2)[C@@H](c2ccc(Br)cc2)C1=C(O)c1ccc([N+](=O)[O-])cc1. The Morgan fingerprint density at radius 1 is 1.13 bits per heavy atom. The Kier molecular flexibility index (Phi) is 5.18. The third kappa shape index (κ3) is 3.40. The number of thiazole rings is 1. The van der Waals surface area contributed by atoms with Crippen LogP contribution in [0.1, 0.15) is 17.2 Å². The summed E-state index contributed by atoms with van der Waals surface area (Å²) in [6, 6.07) is 11.2. The standard InChI is InChI=1S/C20H12BrN3O5S/c21-13-5-1-11(2-6-13)16-15(17(25)12-3-7-14(8-4-12)24(28)29)18(26)19(27)23(16)20-22-9-10-30-20/h1-10,16,25H/t16-/m0/s1. The van der Waals surface area contributed by atoms with Crippen molar-refractivity contribution < 1.29 is 19.6 Å². The lowest BCUT2D eigenvalue weighted by Crippen LogP contribution is -2.29. The summed E-state index contributed by atoms with van der Waals surface area (Å²) in [5, 5.41) is 23.8. The molecule has 1 aliphatic heterocycles. The number of nitro groups is 1. The van der Waals surface area contributed by atoms with Gasteiger partial charge >= 0.3 is 5.91 Å². The largest absolute Gasteiger partial charge is 0.507 e. The van der Waals surface area contributed by atoms with Gasteiger partial charge in [-0.15, -0.1) is 11.3 Å². The van der Waals surface area contributed by atoms with Crippen LogP contribution in [0.2, 0.25) is 0 Å². The van der Waals surface area contributed by atoms with Crippen LogP contribution in [-0.4, -0.2) is 26.7 Å². The number of anilines is 1. The van der Waals surface area contributed by atoms with E-state index in [1.165, 1.54) is 46.7 Å². The summed E-state index contributed by atoms with van der Waals surface area (Å²) in [5.41, 5.74) is 0.543. The number of ketones is 1. The number of carbonyl (C=O) groups is 2. The van der Waals surface area contributed by atoms with Crippen LogP contribution in [0.15, 0.2) is 70.2 Å². The zero-order chi connectivity index (χ0) is 21.4. The number of carbonyl (C=O) groups excluding carboxylic acids is 2. The number of halogens is 1. The molecule has 1 aliphatic rings. The lowest BCUT2D eigenvalue weighted by molar-refractivity contribution is -0.384. The van der Waals surface area contributed by atoms with Crippen LogP contribution in [0.25, 0.3) is 5.76 Å². The third-order valence-electron chi connectivity index (χ3n) is 4.61. The molecule has 1 saturated heterocycles. The number of nitro benzene ring substituents is 1. The molecule has 30 heavy (non-hydrogen) atoms. The fraction of sp³-hybridized carbons (Fsp3) is 0.0500. The highest BCUT2D eigenvalue weighted by molar-refractivity contribution is 9.10. The second-order valence-electron chi connectivity index (χ2n) is 6.34. The molecule has 0 saturated carbocycles. The van der Waals surface area contributed by atoms with Crippen molar-refractivity contribution in [3.8, 4) is 0 Å². The van der Waals surface area contributed by atoms with Crippen molar-refractivity contribution in [1.29, 1.82) is 0 Å². The summed E-state index contributed by atoms with van der Waals surface area (Å²) in [7, 11) is 0. The van der Waals surface area contributed by atoms with E-state index in [4.69, 9.17) is 0 Å². The lowest BCUT2D eigenvalue weighted by atomic mass is 9.95. The predicted octanol–water partition coefficient (Wildman–Crippen LogP) is 4.44. The number of rotatable bonds is 4. The molecule has 10 heteroatoms. The molecule has 0 aliphatic carbocycles. The molecule has 1 amide bonds. The van der Waals surface area contributed by atoms with Gasteiger partial charge in [-0.25, -0.2) is 4.98 Å². The minimum atomic E-state index is -0.889. The van der Waals surface area contributed by atoms with E-state index in [9.17, 15) is 24.8 Å². The molecule has 8 nitrogen and oxygen atoms in total. The van der Waals surface area contributed by atoms with E-state index >= 15 is 0 Å². The minimum Gasteiger partial charge on any atom is -0.507 e. The summed E-state index contributed by atoms with van der Waals surface area (Å²) < 4.78 is 0.813. The molecule has 0 spiro atoms. The Labute approximate surface area is 182 Å². The monoisotopic (exact) mass is 485 g/mol. The summed E-state index contributed by atoms with van der Waals surface area (Å²) in [6.45, 7) is 0. The molecule has 2 heterocycles. The number of Topliss-reactive ketones (excluding diaryl/α,β-unsaturated/α-hetero) is 1. The van der Waals surface area contributed by atoms with Crippen molar-refractivity contribution >= 4 is 55.5 Å². The van der Waals surface area contributed by atoms with Gasteiger partial charge in [-0.3, -0.25) is 24.6 Å². The number of hydrogen-bond donors (Lipinski definition) is 1. The smallest absolute Gasteiger partial charge is 0.301 e. The minimum absolute atomic E-state index is 0.105. The van der Waals surface area contributed by atoms with Gasteiger partial charge in [0.15, 0.2) is 5.13 Å². The Morgan fingerprint density at radius 2 is 1.80 bits per heavy atom. The number of amides is 1. The number of aromatic nitrogens is 1. The second-order valence-corrected chi connectivity index (χ2v) is 8.13. The first-order valence-corrected chi connectivity index (χ1v) is 10.3. The van der Waals surface area contributed by atoms with E-state index in [-0.39, 0.29) is 16.8 Å². The molecule has 1 N–H and O–H groups in total. The van der Waals surface area contributed by atoms with E-state index in [0.717, 1.165) is 4.47 Å². The lowest BCUT2D eigenvalue weighted by Gasteiger charge is -2.23. The highest BCUT2D eigenvalue weighted by atomic mass is 79.9. The first-order valence-electron chi connectivity index (χ1n) is 8.59. The Hall–Kier alpha value is -3.37. The van der Waals surface area contributed by atoms with Gasteiger partial charge in [0.05, 0.1) is 16.5 Å². The van der Waals surface area contributed by atoms with Crippen LogP contribution in [0, 0.1) is 10.1 Å². The molecule has 0 radical (unpaired) electrons. The maximum absolute atomic E-state index is 12.9. The molecule has 150 valence electrons. The van der Waals surface area contributed by atoms with Crippen molar-refractivity contribution in [2.24, 2.45) is 0 Å². The molecular formula is C20H12BrN3O5S. The third-order valence-corrected chi connectivity index (χ3v) is 5.91. The average Bonchev–Trinajstić information content (AvgIpc) is 3.35. The van der Waals surface area contributed by atoms with E-state index in [0.29, 0.717) is 10.7 Å². The highest BCUT2D eigenvalue weighted by Crippen LogP contribution is 2.42. The van der Waals surface area contributed by atoms with Gasteiger partial charge < -0.3 is 5.11 Å².